The van der Waals surface area contributed by atoms with E-state index in [0.29, 0.717) is 11.4 Å². The van der Waals surface area contributed by atoms with Crippen molar-refractivity contribution in [3.63, 3.8) is 0 Å². The SMILES string of the molecule is Cc1c(C(C)C)cc(O)c2nn(C)cc12. The fourth-order valence-corrected chi connectivity index (χ4v) is 2.03. The summed E-state index contributed by atoms with van der Waals surface area (Å²) in [5, 5.41) is 15.1. The number of hydrogen-bond acceptors (Lipinski definition) is 2. The minimum atomic E-state index is 0.278. The van der Waals surface area contributed by atoms with E-state index >= 15 is 0 Å². The molecule has 0 saturated heterocycles. The van der Waals surface area contributed by atoms with Crippen molar-refractivity contribution >= 4 is 10.9 Å². The Morgan fingerprint density at radius 1 is 1.40 bits per heavy atom. The third-order valence-corrected chi connectivity index (χ3v) is 2.82. The van der Waals surface area contributed by atoms with Crippen LogP contribution >= 0.6 is 0 Å². The van der Waals surface area contributed by atoms with Crippen LogP contribution in [0, 0.1) is 6.92 Å². The van der Waals surface area contributed by atoms with Crippen LogP contribution in [-0.2, 0) is 7.05 Å². The molecule has 0 atom stereocenters. The maximum absolute atomic E-state index is 9.86. The lowest BCUT2D eigenvalue weighted by Crippen LogP contribution is -1.92. The van der Waals surface area contributed by atoms with Gasteiger partial charge in [-0.2, -0.15) is 5.10 Å². The summed E-state index contributed by atoms with van der Waals surface area (Å²) in [5.41, 5.74) is 3.10. The third-order valence-electron chi connectivity index (χ3n) is 2.82. The highest BCUT2D eigenvalue weighted by Crippen LogP contribution is 2.32. The number of rotatable bonds is 1. The zero-order valence-corrected chi connectivity index (χ0v) is 9.57. The van der Waals surface area contributed by atoms with Gasteiger partial charge in [0, 0.05) is 18.6 Å². The predicted molar refractivity (Wildman–Crippen MR) is 61.2 cm³/mol. The van der Waals surface area contributed by atoms with Gasteiger partial charge < -0.3 is 5.11 Å². The molecule has 0 aliphatic rings. The summed E-state index contributed by atoms with van der Waals surface area (Å²) in [6.07, 6.45) is 1.95. The van der Waals surface area contributed by atoms with Gasteiger partial charge in [0.05, 0.1) is 0 Å². The molecule has 0 unspecified atom stereocenters. The lowest BCUT2D eigenvalue weighted by Gasteiger charge is -2.10. The van der Waals surface area contributed by atoms with Gasteiger partial charge in [0.1, 0.15) is 11.3 Å². The molecule has 0 bridgehead atoms. The lowest BCUT2D eigenvalue weighted by molar-refractivity contribution is 0.478. The van der Waals surface area contributed by atoms with Crippen molar-refractivity contribution in [2.24, 2.45) is 7.05 Å². The van der Waals surface area contributed by atoms with E-state index in [1.165, 1.54) is 11.1 Å². The largest absolute Gasteiger partial charge is 0.506 e. The van der Waals surface area contributed by atoms with Crippen molar-refractivity contribution < 1.29 is 5.11 Å². The first-order valence-corrected chi connectivity index (χ1v) is 5.16. The Morgan fingerprint density at radius 3 is 2.67 bits per heavy atom. The summed E-state index contributed by atoms with van der Waals surface area (Å²) >= 11 is 0. The lowest BCUT2D eigenvalue weighted by atomic mass is 9.95. The van der Waals surface area contributed by atoms with E-state index in [4.69, 9.17) is 0 Å². The van der Waals surface area contributed by atoms with Crippen molar-refractivity contribution in [1.82, 2.24) is 9.78 Å². The number of hydrogen-bond donors (Lipinski definition) is 1. The molecule has 15 heavy (non-hydrogen) atoms. The standard InChI is InChI=1S/C12H16N2O/c1-7(2)9-5-11(15)12-10(8(9)3)6-14(4)13-12/h5-7,15H,1-4H3. The number of benzene rings is 1. The highest BCUT2D eigenvalue weighted by molar-refractivity contribution is 5.88. The number of aromatic nitrogens is 2. The molecule has 2 rings (SSSR count). The molecule has 2 aromatic rings. The number of fused-ring (bicyclic) bond motifs is 1. The van der Waals surface area contributed by atoms with Gasteiger partial charge in [0.2, 0.25) is 0 Å². The minimum absolute atomic E-state index is 0.278. The number of nitrogens with zero attached hydrogens (tertiary/aromatic N) is 2. The molecule has 1 aromatic carbocycles. The average molecular weight is 204 g/mol. The minimum Gasteiger partial charge on any atom is -0.506 e. The summed E-state index contributed by atoms with van der Waals surface area (Å²) in [6.45, 7) is 6.34. The summed E-state index contributed by atoms with van der Waals surface area (Å²) in [5.74, 6) is 0.695. The van der Waals surface area contributed by atoms with Crippen LogP contribution in [0.25, 0.3) is 10.9 Å². The van der Waals surface area contributed by atoms with Crippen molar-refractivity contribution in [3.05, 3.63) is 23.4 Å². The number of phenolic OH excluding ortho intramolecular Hbond substituents is 1. The molecule has 0 saturated carbocycles. The van der Waals surface area contributed by atoms with Gasteiger partial charge in [-0.05, 0) is 30.0 Å². The van der Waals surface area contributed by atoms with Crippen molar-refractivity contribution in [1.29, 1.82) is 0 Å². The first kappa shape index (κ1) is 10.0. The number of aromatic hydroxyl groups is 1. The first-order valence-electron chi connectivity index (χ1n) is 5.16. The fourth-order valence-electron chi connectivity index (χ4n) is 2.03. The molecule has 0 spiro atoms. The second-order valence-electron chi connectivity index (χ2n) is 4.33. The zero-order chi connectivity index (χ0) is 11.2. The van der Waals surface area contributed by atoms with E-state index in [2.05, 4.69) is 25.9 Å². The van der Waals surface area contributed by atoms with Gasteiger partial charge >= 0.3 is 0 Å². The van der Waals surface area contributed by atoms with E-state index in [1.54, 1.807) is 4.68 Å². The predicted octanol–water partition coefficient (Wildman–Crippen LogP) is 2.71. The quantitative estimate of drug-likeness (QED) is 0.775. The Hall–Kier alpha value is -1.51. The van der Waals surface area contributed by atoms with Crippen LogP contribution in [0.3, 0.4) is 0 Å². The summed E-state index contributed by atoms with van der Waals surface area (Å²) in [4.78, 5) is 0. The Balaban J connectivity index is 2.83. The smallest absolute Gasteiger partial charge is 0.143 e. The van der Waals surface area contributed by atoms with Crippen LogP contribution in [-0.4, -0.2) is 14.9 Å². The molecule has 80 valence electrons. The number of aryl methyl sites for hydroxylation is 2. The molecule has 0 radical (unpaired) electrons. The molecule has 0 aliphatic carbocycles. The summed E-state index contributed by atoms with van der Waals surface area (Å²) in [6, 6.07) is 1.83. The highest BCUT2D eigenvalue weighted by Gasteiger charge is 2.13. The maximum Gasteiger partial charge on any atom is 0.143 e. The fraction of sp³-hybridized carbons (Fsp3) is 0.417. The summed E-state index contributed by atoms with van der Waals surface area (Å²) < 4.78 is 1.74. The van der Waals surface area contributed by atoms with E-state index in [9.17, 15) is 5.11 Å². The van der Waals surface area contributed by atoms with Gasteiger partial charge in [0.25, 0.3) is 0 Å². The highest BCUT2D eigenvalue weighted by atomic mass is 16.3. The Bertz CT molecular complexity index is 512. The van der Waals surface area contributed by atoms with E-state index in [0.717, 1.165) is 5.39 Å². The molecule has 1 N–H and O–H groups in total. The van der Waals surface area contributed by atoms with Crippen molar-refractivity contribution in [3.8, 4) is 5.75 Å². The molecule has 0 fully saturated rings. The molecule has 1 heterocycles. The third kappa shape index (κ3) is 1.48. The Labute approximate surface area is 89.3 Å². The molecular weight excluding hydrogens is 188 g/mol. The van der Waals surface area contributed by atoms with Crippen molar-refractivity contribution in [2.45, 2.75) is 26.7 Å². The zero-order valence-electron chi connectivity index (χ0n) is 9.57. The van der Waals surface area contributed by atoms with E-state index in [-0.39, 0.29) is 5.75 Å². The number of phenols is 1. The van der Waals surface area contributed by atoms with Gasteiger partial charge in [-0.15, -0.1) is 0 Å². The van der Waals surface area contributed by atoms with Gasteiger partial charge in [-0.1, -0.05) is 13.8 Å². The van der Waals surface area contributed by atoms with E-state index < -0.39 is 0 Å². The van der Waals surface area contributed by atoms with Crippen LogP contribution in [0.15, 0.2) is 12.3 Å². The normalized spacial score (nSPS) is 11.5. The second-order valence-corrected chi connectivity index (χ2v) is 4.33. The molecule has 0 amide bonds. The van der Waals surface area contributed by atoms with Crippen LogP contribution in [0.4, 0.5) is 0 Å². The van der Waals surface area contributed by atoms with Gasteiger partial charge in [-0.3, -0.25) is 4.68 Å². The monoisotopic (exact) mass is 204 g/mol. The van der Waals surface area contributed by atoms with Crippen LogP contribution < -0.4 is 0 Å². The molecule has 0 aliphatic heterocycles. The van der Waals surface area contributed by atoms with Crippen LogP contribution in [0.1, 0.15) is 30.9 Å². The second kappa shape index (κ2) is 3.26. The van der Waals surface area contributed by atoms with Gasteiger partial charge in [0.15, 0.2) is 0 Å². The molecule has 3 nitrogen and oxygen atoms in total. The van der Waals surface area contributed by atoms with Gasteiger partial charge in [-0.25, -0.2) is 0 Å². The molecule has 1 aromatic heterocycles. The maximum atomic E-state index is 9.86. The van der Waals surface area contributed by atoms with Crippen molar-refractivity contribution in [2.75, 3.05) is 0 Å². The Kier molecular flexibility index (Phi) is 2.18. The van der Waals surface area contributed by atoms with E-state index in [1.807, 2.05) is 19.3 Å². The summed E-state index contributed by atoms with van der Waals surface area (Å²) in [7, 11) is 1.87. The van der Waals surface area contributed by atoms with Crippen LogP contribution in [0.5, 0.6) is 5.75 Å². The molecular formula is C12H16N2O. The van der Waals surface area contributed by atoms with Crippen LogP contribution in [0.2, 0.25) is 0 Å². The Morgan fingerprint density at radius 2 is 2.07 bits per heavy atom. The molecule has 3 heteroatoms. The topological polar surface area (TPSA) is 38.1 Å². The first-order chi connectivity index (χ1) is 7.00. The average Bonchev–Trinajstić information content (AvgIpc) is 2.53.